The molecule has 1 aromatic rings. The summed E-state index contributed by atoms with van der Waals surface area (Å²) in [6.45, 7) is 0.986. The van der Waals surface area contributed by atoms with Crippen LogP contribution in [-0.2, 0) is 10.2 Å². The van der Waals surface area contributed by atoms with Crippen molar-refractivity contribution in [1.82, 2.24) is 4.31 Å². The first kappa shape index (κ1) is 14.6. The van der Waals surface area contributed by atoms with Crippen LogP contribution in [-0.4, -0.2) is 38.3 Å². The zero-order valence-corrected chi connectivity index (χ0v) is 11.8. The standard InChI is InChI=1S/C12H18N4O3S/c13-12(14)9-19-11-6-2-1-5-10(11)15-20(17,18)16-7-3-4-8-16/h1-2,5-6,15H,3-4,7-9H2,(H3,13,14). The number of hydrogen-bond acceptors (Lipinski definition) is 4. The summed E-state index contributed by atoms with van der Waals surface area (Å²) in [5, 5.41) is 7.14. The molecule has 0 bridgehead atoms. The molecule has 0 aromatic heterocycles. The number of hydrogen-bond donors (Lipinski definition) is 3. The van der Waals surface area contributed by atoms with Crippen LogP contribution >= 0.6 is 0 Å². The van der Waals surface area contributed by atoms with Gasteiger partial charge in [0.1, 0.15) is 18.2 Å². The van der Waals surface area contributed by atoms with Crippen molar-refractivity contribution in [3.63, 3.8) is 0 Å². The van der Waals surface area contributed by atoms with E-state index in [1.54, 1.807) is 24.3 Å². The van der Waals surface area contributed by atoms with E-state index in [4.69, 9.17) is 15.9 Å². The maximum atomic E-state index is 12.2. The van der Waals surface area contributed by atoms with Crippen molar-refractivity contribution in [2.75, 3.05) is 24.4 Å². The SMILES string of the molecule is N=C(N)COc1ccccc1NS(=O)(=O)N1CCCC1. The third-order valence-electron chi connectivity index (χ3n) is 2.91. The summed E-state index contributed by atoms with van der Waals surface area (Å²) in [6, 6.07) is 6.68. The summed E-state index contributed by atoms with van der Waals surface area (Å²) in [6.07, 6.45) is 1.76. The highest BCUT2D eigenvalue weighted by Crippen LogP contribution is 2.26. The first-order valence-corrected chi connectivity index (χ1v) is 7.75. The molecule has 0 spiro atoms. The predicted octanol–water partition coefficient (Wildman–Crippen LogP) is 0.754. The lowest BCUT2D eigenvalue weighted by Crippen LogP contribution is -2.33. The van der Waals surface area contributed by atoms with Crippen molar-refractivity contribution >= 4 is 21.7 Å². The average Bonchev–Trinajstić information content (AvgIpc) is 2.92. The van der Waals surface area contributed by atoms with Crippen LogP contribution in [0.3, 0.4) is 0 Å². The lowest BCUT2D eigenvalue weighted by atomic mass is 10.3. The van der Waals surface area contributed by atoms with Crippen LogP contribution in [0.4, 0.5) is 5.69 Å². The van der Waals surface area contributed by atoms with Crippen molar-refractivity contribution in [3.05, 3.63) is 24.3 Å². The molecule has 1 fully saturated rings. The molecule has 1 aliphatic rings. The second-order valence-corrected chi connectivity index (χ2v) is 6.19. The molecule has 0 atom stereocenters. The molecule has 0 unspecified atom stereocenters. The highest BCUT2D eigenvalue weighted by molar-refractivity contribution is 7.90. The Bertz CT molecular complexity index is 582. The third kappa shape index (κ3) is 3.61. The fraction of sp³-hybridized carbons (Fsp3) is 0.417. The highest BCUT2D eigenvalue weighted by atomic mass is 32.2. The largest absolute Gasteiger partial charge is 0.484 e. The molecule has 0 aliphatic carbocycles. The smallest absolute Gasteiger partial charge is 0.301 e. The topological polar surface area (TPSA) is 109 Å². The average molecular weight is 298 g/mol. The Kier molecular flexibility index (Phi) is 4.46. The van der Waals surface area contributed by atoms with E-state index >= 15 is 0 Å². The van der Waals surface area contributed by atoms with Gasteiger partial charge in [-0.3, -0.25) is 10.1 Å². The number of benzene rings is 1. The van der Waals surface area contributed by atoms with E-state index in [-0.39, 0.29) is 12.4 Å². The van der Waals surface area contributed by atoms with Crippen LogP contribution in [0.2, 0.25) is 0 Å². The van der Waals surface area contributed by atoms with Crippen LogP contribution in [0, 0.1) is 5.41 Å². The minimum absolute atomic E-state index is 0.0809. The van der Waals surface area contributed by atoms with Gasteiger partial charge in [-0.2, -0.15) is 12.7 Å². The molecule has 0 radical (unpaired) electrons. The second-order valence-electron chi connectivity index (χ2n) is 4.52. The van der Waals surface area contributed by atoms with E-state index in [1.807, 2.05) is 0 Å². The first-order valence-electron chi connectivity index (χ1n) is 6.31. The van der Waals surface area contributed by atoms with Gasteiger partial charge >= 0.3 is 10.2 Å². The normalized spacial score (nSPS) is 16.0. The molecule has 7 nitrogen and oxygen atoms in total. The van der Waals surface area contributed by atoms with E-state index in [0.29, 0.717) is 24.5 Å². The van der Waals surface area contributed by atoms with Gasteiger partial charge in [0, 0.05) is 13.1 Å². The van der Waals surface area contributed by atoms with Gasteiger partial charge < -0.3 is 10.5 Å². The fourth-order valence-corrected chi connectivity index (χ4v) is 3.28. The minimum atomic E-state index is -3.56. The second kappa shape index (κ2) is 6.10. The Hall–Kier alpha value is -1.80. The number of ether oxygens (including phenoxy) is 1. The van der Waals surface area contributed by atoms with E-state index in [0.717, 1.165) is 12.8 Å². The van der Waals surface area contributed by atoms with Crippen molar-refractivity contribution in [2.45, 2.75) is 12.8 Å². The fourth-order valence-electron chi connectivity index (χ4n) is 1.96. The van der Waals surface area contributed by atoms with Gasteiger partial charge in [0.15, 0.2) is 0 Å². The van der Waals surface area contributed by atoms with E-state index in [2.05, 4.69) is 4.72 Å². The predicted molar refractivity (Wildman–Crippen MR) is 77.2 cm³/mol. The number of nitrogens with two attached hydrogens (primary N) is 1. The van der Waals surface area contributed by atoms with Gasteiger partial charge in [-0.05, 0) is 25.0 Å². The molecule has 1 aliphatic heterocycles. The quantitative estimate of drug-likeness (QED) is 0.532. The zero-order valence-electron chi connectivity index (χ0n) is 11.0. The van der Waals surface area contributed by atoms with E-state index in [1.165, 1.54) is 4.31 Å². The molecule has 4 N–H and O–H groups in total. The molecule has 0 amide bonds. The number of anilines is 1. The van der Waals surface area contributed by atoms with Crippen LogP contribution in [0.5, 0.6) is 5.75 Å². The molecule has 0 saturated carbocycles. The Balaban J connectivity index is 2.14. The van der Waals surface area contributed by atoms with Crippen molar-refractivity contribution in [1.29, 1.82) is 5.41 Å². The van der Waals surface area contributed by atoms with Gasteiger partial charge in [-0.1, -0.05) is 12.1 Å². The molecule has 1 heterocycles. The van der Waals surface area contributed by atoms with Gasteiger partial charge in [0.05, 0.1) is 5.69 Å². The molecular weight excluding hydrogens is 280 g/mol. The summed E-state index contributed by atoms with van der Waals surface area (Å²) in [5.41, 5.74) is 5.58. The molecule has 2 rings (SSSR count). The number of nitrogens with one attached hydrogen (secondary N) is 2. The van der Waals surface area contributed by atoms with Crippen LogP contribution in [0.25, 0.3) is 0 Å². The summed E-state index contributed by atoms with van der Waals surface area (Å²) >= 11 is 0. The summed E-state index contributed by atoms with van der Waals surface area (Å²) in [7, 11) is -3.56. The first-order chi connectivity index (χ1) is 9.49. The van der Waals surface area contributed by atoms with Gasteiger partial charge in [0.2, 0.25) is 0 Å². The third-order valence-corrected chi connectivity index (χ3v) is 4.44. The zero-order chi connectivity index (χ0) is 14.6. The van der Waals surface area contributed by atoms with Gasteiger partial charge in [-0.15, -0.1) is 0 Å². The number of nitrogens with zero attached hydrogens (tertiary/aromatic N) is 1. The summed E-state index contributed by atoms with van der Waals surface area (Å²) < 4.78 is 33.6. The summed E-state index contributed by atoms with van der Waals surface area (Å²) in [5.74, 6) is 0.229. The Morgan fingerprint density at radius 1 is 1.35 bits per heavy atom. The van der Waals surface area contributed by atoms with Gasteiger partial charge in [0.25, 0.3) is 0 Å². The maximum absolute atomic E-state index is 12.2. The maximum Gasteiger partial charge on any atom is 0.301 e. The van der Waals surface area contributed by atoms with Gasteiger partial charge in [-0.25, -0.2) is 0 Å². The van der Waals surface area contributed by atoms with Crippen LogP contribution in [0.15, 0.2) is 24.3 Å². The number of rotatable bonds is 6. The Morgan fingerprint density at radius 2 is 2.00 bits per heavy atom. The van der Waals surface area contributed by atoms with Crippen molar-refractivity contribution in [3.8, 4) is 5.75 Å². The lowest BCUT2D eigenvalue weighted by molar-refractivity contribution is 0.376. The number of para-hydroxylation sites is 2. The minimum Gasteiger partial charge on any atom is -0.484 e. The monoisotopic (exact) mass is 298 g/mol. The van der Waals surface area contributed by atoms with Crippen LogP contribution < -0.4 is 15.2 Å². The molecule has 1 saturated heterocycles. The van der Waals surface area contributed by atoms with Crippen molar-refractivity contribution < 1.29 is 13.2 Å². The van der Waals surface area contributed by atoms with Crippen LogP contribution in [0.1, 0.15) is 12.8 Å². The highest BCUT2D eigenvalue weighted by Gasteiger charge is 2.25. The van der Waals surface area contributed by atoms with Crippen molar-refractivity contribution in [2.24, 2.45) is 5.73 Å². The molecule has 8 heteroatoms. The molecular formula is C12H18N4O3S. The number of amidine groups is 1. The summed E-state index contributed by atoms with van der Waals surface area (Å²) in [4.78, 5) is 0. The van der Waals surface area contributed by atoms with E-state index in [9.17, 15) is 8.42 Å². The molecule has 20 heavy (non-hydrogen) atoms. The molecule has 1 aromatic carbocycles. The Labute approximate surface area is 118 Å². The lowest BCUT2D eigenvalue weighted by Gasteiger charge is -2.18. The van der Waals surface area contributed by atoms with E-state index < -0.39 is 10.2 Å². The molecule has 110 valence electrons. The Morgan fingerprint density at radius 3 is 2.65 bits per heavy atom.